The molecule has 0 saturated carbocycles. The van der Waals surface area contributed by atoms with E-state index in [1.54, 1.807) is 0 Å². The molecule has 0 radical (unpaired) electrons. The van der Waals surface area contributed by atoms with Crippen molar-refractivity contribution in [1.82, 2.24) is 0 Å². The lowest BCUT2D eigenvalue weighted by atomic mass is 9.82. The van der Waals surface area contributed by atoms with Crippen LogP contribution < -0.4 is 0 Å². The van der Waals surface area contributed by atoms with Crippen LogP contribution in [0.1, 0.15) is 41.0 Å². The van der Waals surface area contributed by atoms with Crippen LogP contribution in [0.15, 0.2) is 0 Å². The average molecular weight is 184 g/mol. The Balaban J connectivity index is 4.56. The molecule has 0 spiro atoms. The van der Waals surface area contributed by atoms with E-state index in [9.17, 15) is 9.59 Å². The van der Waals surface area contributed by atoms with Crippen molar-refractivity contribution < 1.29 is 9.59 Å². The van der Waals surface area contributed by atoms with Crippen molar-refractivity contribution in [2.45, 2.75) is 41.0 Å². The van der Waals surface area contributed by atoms with Gasteiger partial charge in [-0.05, 0) is 19.3 Å². The maximum atomic E-state index is 11.7. The number of hydrogen-bond acceptors (Lipinski definition) is 2. The Morgan fingerprint density at radius 2 is 1.62 bits per heavy atom. The second-order valence-electron chi connectivity index (χ2n) is 4.04. The number of carbonyl (C=O) groups excluding carboxylic acids is 2. The molecule has 0 aromatic heterocycles. The summed E-state index contributed by atoms with van der Waals surface area (Å²) in [6.07, 6.45) is 0.815. The highest BCUT2D eigenvalue weighted by Gasteiger charge is 2.29. The lowest BCUT2D eigenvalue weighted by Crippen LogP contribution is -2.31. The number of hydrogen-bond donors (Lipinski definition) is 0. The quantitative estimate of drug-likeness (QED) is 0.615. The van der Waals surface area contributed by atoms with Gasteiger partial charge in [0.2, 0.25) is 0 Å². The van der Waals surface area contributed by atoms with Crippen LogP contribution in [0.4, 0.5) is 0 Å². The molecule has 76 valence electrons. The van der Waals surface area contributed by atoms with Gasteiger partial charge in [-0.3, -0.25) is 9.59 Å². The molecule has 0 amide bonds. The van der Waals surface area contributed by atoms with Crippen LogP contribution in [0.5, 0.6) is 0 Å². The molecule has 0 rings (SSSR count). The van der Waals surface area contributed by atoms with Crippen LogP contribution >= 0.6 is 0 Å². The molecule has 0 aliphatic rings. The van der Waals surface area contributed by atoms with Crippen LogP contribution in [0.2, 0.25) is 0 Å². The first kappa shape index (κ1) is 12.3. The lowest BCUT2D eigenvalue weighted by Gasteiger charge is -2.19. The summed E-state index contributed by atoms with van der Waals surface area (Å²) >= 11 is 0. The van der Waals surface area contributed by atoms with Crippen molar-refractivity contribution in [2.75, 3.05) is 0 Å². The average Bonchev–Trinajstić information content (AvgIpc) is 2.01. The van der Waals surface area contributed by atoms with E-state index in [-0.39, 0.29) is 23.4 Å². The predicted molar refractivity (Wildman–Crippen MR) is 53.5 cm³/mol. The smallest absolute Gasteiger partial charge is 0.146 e. The largest absolute Gasteiger partial charge is 0.299 e. The monoisotopic (exact) mass is 184 g/mol. The second kappa shape index (κ2) is 5.15. The Morgan fingerprint density at radius 3 is 1.85 bits per heavy atom. The van der Waals surface area contributed by atoms with Gasteiger partial charge in [-0.15, -0.1) is 0 Å². The van der Waals surface area contributed by atoms with Gasteiger partial charge in [0.25, 0.3) is 0 Å². The van der Waals surface area contributed by atoms with E-state index >= 15 is 0 Å². The minimum atomic E-state index is -0.394. The van der Waals surface area contributed by atoms with Crippen LogP contribution in [-0.2, 0) is 9.59 Å². The molecule has 2 unspecified atom stereocenters. The van der Waals surface area contributed by atoms with Crippen molar-refractivity contribution in [2.24, 2.45) is 17.8 Å². The molecule has 0 N–H and O–H groups in total. The number of Topliss-reactive ketones (excluding diaryl/α,β-unsaturated/α-hetero) is 2. The molecule has 2 heteroatoms. The second-order valence-corrected chi connectivity index (χ2v) is 4.04. The summed E-state index contributed by atoms with van der Waals surface area (Å²) in [5.74, 6) is -0.157. The van der Waals surface area contributed by atoms with Crippen molar-refractivity contribution >= 4 is 11.6 Å². The Bertz CT molecular complexity index is 194. The minimum absolute atomic E-state index is 0.000278. The van der Waals surface area contributed by atoms with E-state index < -0.39 is 5.92 Å². The van der Waals surface area contributed by atoms with Gasteiger partial charge >= 0.3 is 0 Å². The van der Waals surface area contributed by atoms with E-state index in [0.29, 0.717) is 0 Å². The molecule has 2 nitrogen and oxygen atoms in total. The van der Waals surface area contributed by atoms with E-state index in [1.807, 2.05) is 27.7 Å². The third kappa shape index (κ3) is 3.29. The van der Waals surface area contributed by atoms with Gasteiger partial charge in [0.15, 0.2) is 0 Å². The molecular formula is C11H20O2. The number of ketones is 2. The molecular weight excluding hydrogens is 164 g/mol. The normalized spacial score (nSPS) is 15.5. The zero-order valence-electron chi connectivity index (χ0n) is 9.26. The Labute approximate surface area is 80.7 Å². The Hall–Kier alpha value is -0.660. The van der Waals surface area contributed by atoms with Gasteiger partial charge in [-0.1, -0.05) is 27.7 Å². The highest BCUT2D eigenvalue weighted by molar-refractivity contribution is 6.02. The van der Waals surface area contributed by atoms with Gasteiger partial charge in [-0.2, -0.15) is 0 Å². The first-order valence-electron chi connectivity index (χ1n) is 4.96. The number of carbonyl (C=O) groups is 2. The van der Waals surface area contributed by atoms with Crippen molar-refractivity contribution in [3.05, 3.63) is 0 Å². The van der Waals surface area contributed by atoms with Gasteiger partial charge in [0.05, 0.1) is 5.92 Å². The molecule has 13 heavy (non-hydrogen) atoms. The van der Waals surface area contributed by atoms with E-state index in [4.69, 9.17) is 0 Å². The van der Waals surface area contributed by atoms with Crippen LogP contribution in [0, 0.1) is 17.8 Å². The summed E-state index contributed by atoms with van der Waals surface area (Å²) < 4.78 is 0. The highest BCUT2D eigenvalue weighted by Crippen LogP contribution is 2.19. The first-order chi connectivity index (χ1) is 5.91. The topological polar surface area (TPSA) is 34.1 Å². The molecule has 0 saturated heterocycles. The number of rotatable bonds is 5. The molecule has 0 aliphatic carbocycles. The Kier molecular flexibility index (Phi) is 4.89. The predicted octanol–water partition coefficient (Wildman–Crippen LogP) is 2.46. The van der Waals surface area contributed by atoms with E-state index in [0.717, 1.165) is 6.42 Å². The SMILES string of the molecule is CCC(C)C(=O)C(C(C)=O)C(C)C. The molecule has 0 heterocycles. The molecule has 0 aromatic rings. The fraction of sp³-hybridized carbons (Fsp3) is 0.818. The summed E-state index contributed by atoms with van der Waals surface area (Å²) in [6.45, 7) is 9.21. The van der Waals surface area contributed by atoms with Crippen LogP contribution in [0.3, 0.4) is 0 Å². The zero-order valence-corrected chi connectivity index (χ0v) is 9.26. The third-order valence-corrected chi connectivity index (χ3v) is 2.51. The summed E-state index contributed by atoms with van der Waals surface area (Å²) in [6, 6.07) is 0. The molecule has 0 bridgehead atoms. The molecule has 0 aromatic carbocycles. The molecule has 2 atom stereocenters. The van der Waals surface area contributed by atoms with Crippen LogP contribution in [0.25, 0.3) is 0 Å². The first-order valence-corrected chi connectivity index (χ1v) is 4.96. The van der Waals surface area contributed by atoms with Gasteiger partial charge in [0.1, 0.15) is 11.6 Å². The van der Waals surface area contributed by atoms with E-state index in [2.05, 4.69) is 0 Å². The van der Waals surface area contributed by atoms with Gasteiger partial charge in [-0.25, -0.2) is 0 Å². The molecule has 0 aliphatic heterocycles. The fourth-order valence-electron chi connectivity index (χ4n) is 1.51. The van der Waals surface area contributed by atoms with Gasteiger partial charge in [0, 0.05) is 5.92 Å². The van der Waals surface area contributed by atoms with Crippen molar-refractivity contribution in [1.29, 1.82) is 0 Å². The summed E-state index contributed by atoms with van der Waals surface area (Å²) in [4.78, 5) is 23.0. The summed E-state index contributed by atoms with van der Waals surface area (Å²) in [5.41, 5.74) is 0. The summed E-state index contributed by atoms with van der Waals surface area (Å²) in [5, 5.41) is 0. The summed E-state index contributed by atoms with van der Waals surface area (Å²) in [7, 11) is 0. The lowest BCUT2D eigenvalue weighted by molar-refractivity contribution is -0.135. The molecule has 0 fully saturated rings. The maximum absolute atomic E-state index is 11.7. The van der Waals surface area contributed by atoms with Crippen molar-refractivity contribution in [3.63, 3.8) is 0 Å². The third-order valence-electron chi connectivity index (χ3n) is 2.51. The Morgan fingerprint density at radius 1 is 1.15 bits per heavy atom. The van der Waals surface area contributed by atoms with Crippen LogP contribution in [-0.4, -0.2) is 11.6 Å². The van der Waals surface area contributed by atoms with Crippen molar-refractivity contribution in [3.8, 4) is 0 Å². The minimum Gasteiger partial charge on any atom is -0.299 e. The van der Waals surface area contributed by atoms with E-state index in [1.165, 1.54) is 6.92 Å². The fourth-order valence-corrected chi connectivity index (χ4v) is 1.51. The standard InChI is InChI=1S/C11H20O2/c1-6-8(4)11(13)10(7(2)3)9(5)12/h7-8,10H,6H2,1-5H3. The maximum Gasteiger partial charge on any atom is 0.146 e. The zero-order chi connectivity index (χ0) is 10.6. The van der Waals surface area contributed by atoms with Gasteiger partial charge < -0.3 is 0 Å². The highest BCUT2D eigenvalue weighted by atomic mass is 16.1.